The molecule has 1 aliphatic rings. The van der Waals surface area contributed by atoms with Crippen LogP contribution in [0.2, 0.25) is 0 Å². The molecule has 1 fully saturated rings. The fourth-order valence-electron chi connectivity index (χ4n) is 2.55. The molecule has 1 aromatic carbocycles. The Balaban J connectivity index is 1.92. The number of hydrogen-bond acceptors (Lipinski definition) is 4. The summed E-state index contributed by atoms with van der Waals surface area (Å²) in [6, 6.07) is 5.91. The van der Waals surface area contributed by atoms with Crippen LogP contribution in [0.5, 0.6) is 5.75 Å². The molecule has 1 amide bonds. The van der Waals surface area contributed by atoms with Crippen LogP contribution in [0.25, 0.3) is 0 Å². The van der Waals surface area contributed by atoms with Crippen molar-refractivity contribution >= 4 is 15.9 Å². The topological polar surface area (TPSA) is 66.9 Å². The molecule has 1 heterocycles. The lowest BCUT2D eigenvalue weighted by Gasteiger charge is -2.21. The van der Waals surface area contributed by atoms with Gasteiger partial charge in [-0.2, -0.15) is 8.78 Å². The van der Waals surface area contributed by atoms with Gasteiger partial charge in [-0.1, -0.05) is 12.1 Å². The van der Waals surface area contributed by atoms with Crippen molar-refractivity contribution in [3.63, 3.8) is 0 Å². The zero-order chi connectivity index (χ0) is 17.7. The summed E-state index contributed by atoms with van der Waals surface area (Å²) in [6.07, 6.45) is 1.88. The van der Waals surface area contributed by atoms with Gasteiger partial charge in [0.2, 0.25) is 15.9 Å². The van der Waals surface area contributed by atoms with Gasteiger partial charge >= 0.3 is 6.61 Å². The molecule has 6 nitrogen and oxygen atoms in total. The lowest BCUT2D eigenvalue weighted by Crippen LogP contribution is -2.37. The van der Waals surface area contributed by atoms with E-state index in [-0.39, 0.29) is 24.6 Å². The number of hydrogen-bond donors (Lipinski definition) is 0. The Morgan fingerprint density at radius 1 is 1.17 bits per heavy atom. The third kappa shape index (κ3) is 5.41. The van der Waals surface area contributed by atoms with Crippen LogP contribution in [0.1, 0.15) is 12.0 Å². The van der Waals surface area contributed by atoms with Crippen LogP contribution < -0.4 is 4.74 Å². The Kier molecular flexibility index (Phi) is 6.11. The molecule has 0 unspecified atom stereocenters. The molecule has 0 radical (unpaired) electrons. The van der Waals surface area contributed by atoms with Crippen LogP contribution in [0.3, 0.4) is 0 Å². The van der Waals surface area contributed by atoms with Gasteiger partial charge in [0.25, 0.3) is 0 Å². The lowest BCUT2D eigenvalue weighted by molar-refractivity contribution is -0.130. The van der Waals surface area contributed by atoms with Crippen molar-refractivity contribution in [3.8, 4) is 5.75 Å². The minimum absolute atomic E-state index is 0.0414. The van der Waals surface area contributed by atoms with Gasteiger partial charge in [0.05, 0.1) is 12.7 Å². The van der Waals surface area contributed by atoms with Gasteiger partial charge in [0.15, 0.2) is 0 Å². The highest BCUT2D eigenvalue weighted by atomic mass is 32.2. The molecule has 0 aliphatic carbocycles. The van der Waals surface area contributed by atoms with E-state index >= 15 is 0 Å². The largest absolute Gasteiger partial charge is 0.435 e. The second-order valence-electron chi connectivity index (χ2n) is 5.60. The van der Waals surface area contributed by atoms with Crippen LogP contribution >= 0.6 is 0 Å². The number of carbonyl (C=O) groups is 1. The zero-order valence-corrected chi connectivity index (χ0v) is 14.1. The van der Waals surface area contributed by atoms with E-state index in [1.165, 1.54) is 16.4 Å². The smallest absolute Gasteiger partial charge is 0.387 e. The number of amides is 1. The second-order valence-corrected chi connectivity index (χ2v) is 7.58. The Labute approximate surface area is 140 Å². The summed E-state index contributed by atoms with van der Waals surface area (Å²) in [5.41, 5.74) is 0.686. The van der Waals surface area contributed by atoms with Gasteiger partial charge in [-0.3, -0.25) is 4.79 Å². The summed E-state index contributed by atoms with van der Waals surface area (Å²) in [5, 5.41) is 0. The highest BCUT2D eigenvalue weighted by Crippen LogP contribution is 2.16. The van der Waals surface area contributed by atoms with Gasteiger partial charge in [0, 0.05) is 26.2 Å². The summed E-state index contributed by atoms with van der Waals surface area (Å²) in [5.74, 6) is -0.0763. The van der Waals surface area contributed by atoms with Crippen molar-refractivity contribution in [2.75, 3.05) is 32.4 Å². The summed E-state index contributed by atoms with van der Waals surface area (Å²) < 4.78 is 53.0. The number of sulfonamides is 1. The molecule has 1 aromatic rings. The molecular weight excluding hydrogens is 342 g/mol. The van der Waals surface area contributed by atoms with E-state index in [9.17, 15) is 22.0 Å². The van der Waals surface area contributed by atoms with E-state index in [1.54, 1.807) is 17.0 Å². The Morgan fingerprint density at radius 2 is 1.83 bits per heavy atom. The number of nitrogens with zero attached hydrogens (tertiary/aromatic N) is 2. The average molecular weight is 362 g/mol. The maximum absolute atomic E-state index is 12.3. The van der Waals surface area contributed by atoms with Crippen molar-refractivity contribution in [1.82, 2.24) is 9.21 Å². The average Bonchev–Trinajstić information content (AvgIpc) is 2.74. The van der Waals surface area contributed by atoms with Crippen LogP contribution in [-0.2, 0) is 21.2 Å². The van der Waals surface area contributed by atoms with Crippen LogP contribution in [0.4, 0.5) is 8.78 Å². The fourth-order valence-corrected chi connectivity index (χ4v) is 3.42. The number of ether oxygens (including phenoxy) is 1. The number of benzene rings is 1. The van der Waals surface area contributed by atoms with Crippen molar-refractivity contribution in [3.05, 3.63) is 29.8 Å². The van der Waals surface area contributed by atoms with Crippen LogP contribution in [-0.4, -0.2) is 62.6 Å². The first-order valence-electron chi connectivity index (χ1n) is 7.52. The van der Waals surface area contributed by atoms with Gasteiger partial charge in [-0.25, -0.2) is 12.7 Å². The molecule has 1 aliphatic heterocycles. The first-order valence-corrected chi connectivity index (χ1v) is 9.37. The quantitative estimate of drug-likeness (QED) is 0.793. The molecule has 0 atom stereocenters. The van der Waals surface area contributed by atoms with E-state index in [2.05, 4.69) is 4.74 Å². The number of carbonyl (C=O) groups excluding carboxylic acids is 1. The van der Waals surface area contributed by atoms with Crippen molar-refractivity contribution in [2.45, 2.75) is 19.5 Å². The number of alkyl halides is 2. The summed E-state index contributed by atoms with van der Waals surface area (Å²) in [6.45, 7) is -1.35. The Bertz CT molecular complexity index is 665. The molecule has 0 saturated carbocycles. The zero-order valence-electron chi connectivity index (χ0n) is 13.3. The van der Waals surface area contributed by atoms with Crippen LogP contribution in [0.15, 0.2) is 24.3 Å². The summed E-state index contributed by atoms with van der Waals surface area (Å²) in [7, 11) is -3.25. The van der Waals surface area contributed by atoms with Crippen molar-refractivity contribution < 1.29 is 26.7 Å². The van der Waals surface area contributed by atoms with Crippen molar-refractivity contribution in [1.29, 1.82) is 0 Å². The first-order chi connectivity index (χ1) is 11.3. The standard InChI is InChI=1S/C15H20F2N2O4S/c1-24(21,22)19-8-2-7-18(9-10-19)14(20)11-12-3-5-13(6-4-12)23-15(16)17/h3-6,15H,2,7-11H2,1H3. The van der Waals surface area contributed by atoms with Gasteiger partial charge in [0.1, 0.15) is 5.75 Å². The third-order valence-electron chi connectivity index (χ3n) is 3.78. The maximum atomic E-state index is 12.3. The molecule has 9 heteroatoms. The molecule has 2 rings (SSSR count). The summed E-state index contributed by atoms with van der Waals surface area (Å²) in [4.78, 5) is 14.0. The van der Waals surface area contributed by atoms with E-state index in [4.69, 9.17) is 0 Å². The highest BCUT2D eigenvalue weighted by molar-refractivity contribution is 7.88. The van der Waals surface area contributed by atoms with E-state index in [0.29, 0.717) is 31.6 Å². The van der Waals surface area contributed by atoms with Crippen molar-refractivity contribution in [2.24, 2.45) is 0 Å². The van der Waals surface area contributed by atoms with Crippen LogP contribution in [0, 0.1) is 0 Å². The number of halogens is 2. The minimum atomic E-state index is -3.25. The molecule has 0 spiro atoms. The Morgan fingerprint density at radius 3 is 2.42 bits per heavy atom. The molecule has 0 N–H and O–H groups in total. The maximum Gasteiger partial charge on any atom is 0.387 e. The molecule has 134 valence electrons. The molecule has 0 bridgehead atoms. The normalized spacial score (nSPS) is 16.9. The van der Waals surface area contributed by atoms with E-state index < -0.39 is 16.6 Å². The fraction of sp³-hybridized carbons (Fsp3) is 0.533. The lowest BCUT2D eigenvalue weighted by atomic mass is 10.1. The SMILES string of the molecule is CS(=O)(=O)N1CCCN(C(=O)Cc2ccc(OC(F)F)cc2)CC1. The molecule has 0 aromatic heterocycles. The first kappa shape index (κ1) is 18.6. The predicted molar refractivity (Wildman–Crippen MR) is 84.4 cm³/mol. The van der Waals surface area contributed by atoms with Gasteiger partial charge in [-0.15, -0.1) is 0 Å². The van der Waals surface area contributed by atoms with E-state index in [1.807, 2.05) is 0 Å². The second kappa shape index (κ2) is 7.89. The molecule has 1 saturated heterocycles. The monoisotopic (exact) mass is 362 g/mol. The third-order valence-corrected chi connectivity index (χ3v) is 5.08. The predicted octanol–water partition coefficient (Wildman–Crippen LogP) is 1.32. The molecular formula is C15H20F2N2O4S. The summed E-state index contributed by atoms with van der Waals surface area (Å²) >= 11 is 0. The van der Waals surface area contributed by atoms with E-state index in [0.717, 1.165) is 6.26 Å². The number of rotatable bonds is 5. The van der Waals surface area contributed by atoms with Gasteiger partial charge < -0.3 is 9.64 Å². The highest BCUT2D eigenvalue weighted by Gasteiger charge is 2.23. The minimum Gasteiger partial charge on any atom is -0.435 e. The molecule has 24 heavy (non-hydrogen) atoms. The Hall–Kier alpha value is -1.74. The van der Waals surface area contributed by atoms with Gasteiger partial charge in [-0.05, 0) is 24.1 Å².